The first kappa shape index (κ1) is 27.5. The molecule has 9 heteroatoms. The largest absolute Gasteiger partial charge is 0.468 e. The van der Waals surface area contributed by atoms with Crippen LogP contribution in [-0.2, 0) is 29.8 Å². The molecule has 5 rings (SSSR count). The van der Waals surface area contributed by atoms with Crippen molar-refractivity contribution in [1.82, 2.24) is 30.1 Å². The van der Waals surface area contributed by atoms with Gasteiger partial charge in [0.05, 0.1) is 31.5 Å². The lowest BCUT2D eigenvalue weighted by Gasteiger charge is -2.30. The van der Waals surface area contributed by atoms with E-state index < -0.39 is 6.04 Å². The van der Waals surface area contributed by atoms with E-state index in [2.05, 4.69) is 70.4 Å². The summed E-state index contributed by atoms with van der Waals surface area (Å²) in [6, 6.07) is 19.8. The van der Waals surface area contributed by atoms with Crippen molar-refractivity contribution in [1.29, 1.82) is 0 Å². The Bertz CT molecular complexity index is 1610. The Hall–Kier alpha value is -4.08. The van der Waals surface area contributed by atoms with Crippen molar-refractivity contribution in [2.24, 2.45) is 0 Å². The summed E-state index contributed by atoms with van der Waals surface area (Å²) in [5.41, 5.74) is 4.63. The summed E-state index contributed by atoms with van der Waals surface area (Å²) < 4.78 is 12.8. The molecule has 3 aromatic heterocycles. The molecule has 9 nitrogen and oxygen atoms in total. The Morgan fingerprint density at radius 3 is 2.58 bits per heavy atom. The molecule has 0 radical (unpaired) electrons. The molecule has 0 unspecified atom stereocenters. The number of methoxy groups -OCH3 is 1. The summed E-state index contributed by atoms with van der Waals surface area (Å²) in [5, 5.41) is 13.6. The number of nitrogens with one attached hydrogen (secondary N) is 1. The van der Waals surface area contributed by atoms with E-state index in [-0.39, 0.29) is 11.0 Å². The molecule has 40 heavy (non-hydrogen) atoms. The molecular formula is C31H36N6O3. The topological polar surface area (TPSA) is 102 Å². The van der Waals surface area contributed by atoms with Crippen molar-refractivity contribution < 1.29 is 9.15 Å². The Labute approximate surface area is 233 Å². The second kappa shape index (κ2) is 11.6. The predicted molar refractivity (Wildman–Crippen MR) is 154 cm³/mol. The Morgan fingerprint density at radius 2 is 1.88 bits per heavy atom. The second-order valence-electron chi connectivity index (χ2n) is 11.2. The molecule has 208 valence electrons. The molecule has 5 aromatic rings. The molecule has 0 aliphatic carbocycles. The molecule has 0 bridgehead atoms. The van der Waals surface area contributed by atoms with E-state index in [1.165, 1.54) is 5.56 Å². The number of hydrogen-bond donors (Lipinski definition) is 1. The van der Waals surface area contributed by atoms with Crippen molar-refractivity contribution in [3.05, 3.63) is 111 Å². The summed E-state index contributed by atoms with van der Waals surface area (Å²) in [6.07, 6.45) is 1.66. The lowest BCUT2D eigenvalue weighted by Crippen LogP contribution is -2.35. The normalized spacial score (nSPS) is 12.8. The van der Waals surface area contributed by atoms with E-state index in [4.69, 9.17) is 9.15 Å². The molecule has 2 aromatic carbocycles. The molecule has 3 heterocycles. The summed E-state index contributed by atoms with van der Waals surface area (Å²) in [6.45, 7) is 10.5. The second-order valence-corrected chi connectivity index (χ2v) is 11.2. The number of ether oxygens (including phenoxy) is 1. The minimum atomic E-state index is -0.562. The first-order valence-electron chi connectivity index (χ1n) is 13.5. The average Bonchev–Trinajstić information content (AvgIpc) is 3.61. The van der Waals surface area contributed by atoms with Gasteiger partial charge in [0, 0.05) is 19.2 Å². The third-order valence-corrected chi connectivity index (χ3v) is 7.23. The van der Waals surface area contributed by atoms with Crippen molar-refractivity contribution in [2.45, 2.75) is 58.8 Å². The number of furan rings is 1. The van der Waals surface area contributed by atoms with Gasteiger partial charge in [-0.15, -0.1) is 5.10 Å². The van der Waals surface area contributed by atoms with Gasteiger partial charge in [-0.1, -0.05) is 63.2 Å². The number of benzene rings is 2. The van der Waals surface area contributed by atoms with Crippen molar-refractivity contribution in [2.75, 3.05) is 13.7 Å². The van der Waals surface area contributed by atoms with Crippen LogP contribution < -0.4 is 5.56 Å². The number of hydrogen-bond acceptors (Lipinski definition) is 7. The van der Waals surface area contributed by atoms with E-state index in [1.54, 1.807) is 18.1 Å². The molecule has 1 atom stereocenters. The summed E-state index contributed by atoms with van der Waals surface area (Å²) in [4.78, 5) is 19.1. The number of pyridine rings is 1. The first-order chi connectivity index (χ1) is 19.2. The van der Waals surface area contributed by atoms with Gasteiger partial charge in [-0.25, -0.2) is 4.68 Å². The number of fused-ring (bicyclic) bond motifs is 1. The van der Waals surface area contributed by atoms with Crippen molar-refractivity contribution in [3.8, 4) is 0 Å². The van der Waals surface area contributed by atoms with E-state index in [9.17, 15) is 4.79 Å². The lowest BCUT2D eigenvalue weighted by atomic mass is 9.86. The molecule has 0 amide bonds. The molecule has 0 saturated carbocycles. The zero-order valence-corrected chi connectivity index (χ0v) is 23.7. The Morgan fingerprint density at radius 1 is 1.07 bits per heavy atom. The number of nitrogens with zero attached hydrogens (tertiary/aromatic N) is 5. The number of para-hydroxylation sites is 1. The van der Waals surface area contributed by atoms with Crippen LogP contribution in [0.5, 0.6) is 0 Å². The number of tetrazole rings is 1. The maximum absolute atomic E-state index is 13.8. The highest BCUT2D eigenvalue weighted by Gasteiger charge is 2.31. The van der Waals surface area contributed by atoms with E-state index in [1.807, 2.05) is 43.3 Å². The van der Waals surface area contributed by atoms with Crippen LogP contribution in [0, 0.1) is 6.92 Å². The standard InChI is InChI=1S/C31H36N6O3/c1-21-8-6-9-23-18-26(30(38)32-27(21)23)28(29-33-34-35-37(29)15-17-39-5)36(20-25-10-7-16-40-25)19-22-11-13-24(14-12-22)31(2,3)4/h6-14,16,18,28H,15,17,19-20H2,1-5H3,(H,32,38)/t28-/m0/s1. The van der Waals surface area contributed by atoms with Gasteiger partial charge in [-0.05, 0) is 63.0 Å². The molecule has 1 N–H and O–H groups in total. The van der Waals surface area contributed by atoms with Gasteiger partial charge in [0.25, 0.3) is 5.56 Å². The molecule has 0 spiro atoms. The molecule has 0 aliphatic rings. The van der Waals surface area contributed by atoms with Gasteiger partial charge in [0.1, 0.15) is 11.8 Å². The number of H-pyrrole nitrogens is 1. The van der Waals surface area contributed by atoms with E-state index in [0.29, 0.717) is 37.6 Å². The summed E-state index contributed by atoms with van der Waals surface area (Å²) in [5.74, 6) is 1.34. The fourth-order valence-electron chi connectivity index (χ4n) is 5.03. The minimum absolute atomic E-state index is 0.0505. The minimum Gasteiger partial charge on any atom is -0.468 e. The van der Waals surface area contributed by atoms with Crippen LogP contribution in [0.2, 0.25) is 0 Å². The third-order valence-electron chi connectivity index (χ3n) is 7.23. The molecular weight excluding hydrogens is 504 g/mol. The number of aromatic amines is 1. The third kappa shape index (κ3) is 5.90. The molecule has 0 saturated heterocycles. The van der Waals surface area contributed by atoms with E-state index in [0.717, 1.165) is 27.8 Å². The van der Waals surface area contributed by atoms with Crippen LogP contribution in [0.1, 0.15) is 60.7 Å². The van der Waals surface area contributed by atoms with E-state index >= 15 is 0 Å². The number of aromatic nitrogens is 5. The highest BCUT2D eigenvalue weighted by atomic mass is 16.5. The fourth-order valence-corrected chi connectivity index (χ4v) is 5.03. The quantitative estimate of drug-likeness (QED) is 0.261. The van der Waals surface area contributed by atoms with Gasteiger partial charge in [-0.3, -0.25) is 9.69 Å². The zero-order valence-electron chi connectivity index (χ0n) is 23.7. The van der Waals surface area contributed by atoms with Crippen LogP contribution in [0.25, 0.3) is 10.9 Å². The van der Waals surface area contributed by atoms with Crippen LogP contribution in [0.3, 0.4) is 0 Å². The summed E-state index contributed by atoms with van der Waals surface area (Å²) in [7, 11) is 1.64. The van der Waals surface area contributed by atoms with Crippen LogP contribution >= 0.6 is 0 Å². The van der Waals surface area contributed by atoms with Crippen LogP contribution in [0.4, 0.5) is 0 Å². The maximum atomic E-state index is 13.8. The van der Waals surface area contributed by atoms with Gasteiger partial charge in [0.2, 0.25) is 0 Å². The fraction of sp³-hybridized carbons (Fsp3) is 0.355. The monoisotopic (exact) mass is 540 g/mol. The van der Waals surface area contributed by atoms with Gasteiger partial charge in [0.15, 0.2) is 5.82 Å². The predicted octanol–water partition coefficient (Wildman–Crippen LogP) is 5.15. The summed E-state index contributed by atoms with van der Waals surface area (Å²) >= 11 is 0. The SMILES string of the molecule is COCCn1nnnc1[C@H](c1cc2cccc(C)c2[nH]c1=O)N(Cc1ccc(C(C)(C)C)cc1)Cc1ccco1. The number of aryl methyl sites for hydroxylation is 1. The molecule has 0 fully saturated rings. The number of rotatable bonds is 10. The average molecular weight is 541 g/mol. The van der Waals surface area contributed by atoms with Gasteiger partial charge in [-0.2, -0.15) is 0 Å². The maximum Gasteiger partial charge on any atom is 0.253 e. The smallest absolute Gasteiger partial charge is 0.253 e. The van der Waals surface area contributed by atoms with Crippen LogP contribution in [-0.4, -0.2) is 43.8 Å². The van der Waals surface area contributed by atoms with Crippen molar-refractivity contribution in [3.63, 3.8) is 0 Å². The molecule has 0 aliphatic heterocycles. The van der Waals surface area contributed by atoms with Crippen LogP contribution in [0.15, 0.2) is 76.1 Å². The first-order valence-corrected chi connectivity index (χ1v) is 13.5. The highest BCUT2D eigenvalue weighted by Crippen LogP contribution is 2.31. The Balaban J connectivity index is 1.66. The Kier molecular flexibility index (Phi) is 7.95. The van der Waals surface area contributed by atoms with Gasteiger partial charge < -0.3 is 14.1 Å². The zero-order chi connectivity index (χ0) is 28.3. The van der Waals surface area contributed by atoms with Crippen molar-refractivity contribution >= 4 is 10.9 Å². The lowest BCUT2D eigenvalue weighted by molar-refractivity contribution is 0.163. The van der Waals surface area contributed by atoms with Gasteiger partial charge >= 0.3 is 0 Å². The highest BCUT2D eigenvalue weighted by molar-refractivity contribution is 5.82.